The summed E-state index contributed by atoms with van der Waals surface area (Å²) in [5.74, 6) is 2.12. The normalized spacial score (nSPS) is 11.5. The largest absolute Gasteiger partial charge is 0.439 e. The van der Waals surface area contributed by atoms with Gasteiger partial charge in [0, 0.05) is 19.2 Å². The minimum absolute atomic E-state index is 0.481. The molecule has 1 aromatic carbocycles. The molecular formula is C18H20N4OS. The van der Waals surface area contributed by atoms with Gasteiger partial charge in [0.2, 0.25) is 5.89 Å². The van der Waals surface area contributed by atoms with Crippen molar-refractivity contribution in [1.29, 1.82) is 0 Å². The number of hydrogen-bond donors (Lipinski definition) is 2. The highest BCUT2D eigenvalue weighted by molar-refractivity contribution is 7.07. The van der Waals surface area contributed by atoms with Crippen LogP contribution in [-0.2, 0) is 13.1 Å². The van der Waals surface area contributed by atoms with Crippen LogP contribution in [0.25, 0.3) is 11.3 Å². The summed E-state index contributed by atoms with van der Waals surface area (Å²) < 4.78 is 5.80. The lowest BCUT2D eigenvalue weighted by Gasteiger charge is -2.09. The number of guanidine groups is 1. The Labute approximate surface area is 145 Å². The molecule has 24 heavy (non-hydrogen) atoms. The van der Waals surface area contributed by atoms with Crippen molar-refractivity contribution in [1.82, 2.24) is 15.6 Å². The Morgan fingerprint density at radius 1 is 1.17 bits per heavy atom. The second-order valence-corrected chi connectivity index (χ2v) is 6.18. The Morgan fingerprint density at radius 2 is 1.96 bits per heavy atom. The van der Waals surface area contributed by atoms with Crippen LogP contribution in [0.15, 0.2) is 56.7 Å². The Balaban J connectivity index is 1.55. The van der Waals surface area contributed by atoms with Crippen molar-refractivity contribution in [2.24, 2.45) is 4.99 Å². The summed E-state index contributed by atoms with van der Waals surface area (Å²) in [4.78, 5) is 8.53. The first-order valence-corrected chi connectivity index (χ1v) is 8.66. The SMILES string of the molecule is CN=C(NCc1ccsc1)NCc1ncc(-c2ccc(C)cc2)o1. The number of benzene rings is 1. The number of aliphatic imine (C=N–C) groups is 1. The maximum atomic E-state index is 5.80. The van der Waals surface area contributed by atoms with E-state index in [4.69, 9.17) is 4.42 Å². The highest BCUT2D eigenvalue weighted by atomic mass is 32.1. The molecule has 0 aliphatic rings. The lowest BCUT2D eigenvalue weighted by Crippen LogP contribution is -2.36. The molecule has 0 radical (unpaired) electrons. The van der Waals surface area contributed by atoms with Crippen LogP contribution in [0, 0.1) is 6.92 Å². The van der Waals surface area contributed by atoms with E-state index in [1.807, 2.05) is 12.1 Å². The fourth-order valence-electron chi connectivity index (χ4n) is 2.20. The van der Waals surface area contributed by atoms with Gasteiger partial charge < -0.3 is 15.1 Å². The third-order valence-electron chi connectivity index (χ3n) is 3.56. The summed E-state index contributed by atoms with van der Waals surface area (Å²) in [6.07, 6.45) is 1.75. The second kappa shape index (κ2) is 7.79. The third-order valence-corrected chi connectivity index (χ3v) is 4.29. The van der Waals surface area contributed by atoms with Crippen molar-refractivity contribution >= 4 is 17.3 Å². The van der Waals surface area contributed by atoms with Crippen LogP contribution in [0.4, 0.5) is 0 Å². The molecule has 2 N–H and O–H groups in total. The van der Waals surface area contributed by atoms with E-state index in [2.05, 4.69) is 56.5 Å². The van der Waals surface area contributed by atoms with Crippen molar-refractivity contribution in [2.45, 2.75) is 20.0 Å². The predicted molar refractivity (Wildman–Crippen MR) is 98.0 cm³/mol. The summed E-state index contributed by atoms with van der Waals surface area (Å²) in [6.45, 7) is 3.28. The van der Waals surface area contributed by atoms with E-state index in [1.54, 1.807) is 24.6 Å². The maximum Gasteiger partial charge on any atom is 0.214 e. The fourth-order valence-corrected chi connectivity index (χ4v) is 2.87. The van der Waals surface area contributed by atoms with E-state index in [1.165, 1.54) is 11.1 Å². The molecule has 0 aliphatic heterocycles. The standard InChI is InChI=1S/C18H20N4OS/c1-13-3-5-15(6-4-13)16-10-20-17(23-16)11-22-18(19-2)21-9-14-7-8-24-12-14/h3-8,10,12H,9,11H2,1-2H3,(H2,19,21,22). The van der Waals surface area contributed by atoms with Gasteiger partial charge in [-0.05, 0) is 29.3 Å². The lowest BCUT2D eigenvalue weighted by molar-refractivity contribution is 0.497. The molecule has 0 unspecified atom stereocenters. The van der Waals surface area contributed by atoms with Gasteiger partial charge >= 0.3 is 0 Å². The highest BCUT2D eigenvalue weighted by Crippen LogP contribution is 2.20. The number of aromatic nitrogens is 1. The zero-order valence-electron chi connectivity index (χ0n) is 13.7. The van der Waals surface area contributed by atoms with Crippen LogP contribution < -0.4 is 10.6 Å². The first-order chi connectivity index (χ1) is 11.7. The first kappa shape index (κ1) is 16.3. The maximum absolute atomic E-state index is 5.80. The van der Waals surface area contributed by atoms with Gasteiger partial charge in [-0.15, -0.1) is 0 Å². The van der Waals surface area contributed by atoms with E-state index >= 15 is 0 Å². The van der Waals surface area contributed by atoms with Crippen LogP contribution >= 0.6 is 11.3 Å². The van der Waals surface area contributed by atoms with Gasteiger partial charge in [-0.1, -0.05) is 29.8 Å². The van der Waals surface area contributed by atoms with E-state index < -0.39 is 0 Å². The molecule has 124 valence electrons. The molecule has 2 heterocycles. The molecule has 0 spiro atoms. The molecule has 6 heteroatoms. The van der Waals surface area contributed by atoms with Crippen molar-refractivity contribution in [3.8, 4) is 11.3 Å². The predicted octanol–water partition coefficient (Wildman–Crippen LogP) is 3.58. The molecular weight excluding hydrogens is 320 g/mol. The Morgan fingerprint density at radius 3 is 2.67 bits per heavy atom. The number of nitrogens with zero attached hydrogens (tertiary/aromatic N) is 2. The van der Waals surface area contributed by atoms with E-state index in [-0.39, 0.29) is 0 Å². The fraction of sp³-hybridized carbons (Fsp3) is 0.222. The van der Waals surface area contributed by atoms with Gasteiger partial charge in [0.15, 0.2) is 11.7 Å². The molecule has 3 aromatic rings. The van der Waals surface area contributed by atoms with Crippen LogP contribution in [0.2, 0.25) is 0 Å². The first-order valence-electron chi connectivity index (χ1n) is 7.72. The number of thiophene rings is 1. The molecule has 0 fully saturated rings. The minimum Gasteiger partial charge on any atom is -0.439 e. The van der Waals surface area contributed by atoms with Gasteiger partial charge in [0.1, 0.15) is 0 Å². The molecule has 0 aliphatic carbocycles. The topological polar surface area (TPSA) is 62.5 Å². The van der Waals surface area contributed by atoms with E-state index in [0.717, 1.165) is 23.8 Å². The quantitative estimate of drug-likeness (QED) is 0.550. The Hall–Kier alpha value is -2.60. The van der Waals surface area contributed by atoms with Gasteiger partial charge in [-0.2, -0.15) is 11.3 Å². The number of oxazole rings is 1. The average Bonchev–Trinajstić information content (AvgIpc) is 3.27. The zero-order chi connectivity index (χ0) is 16.8. The smallest absolute Gasteiger partial charge is 0.214 e. The zero-order valence-corrected chi connectivity index (χ0v) is 14.6. The lowest BCUT2D eigenvalue weighted by atomic mass is 10.1. The number of aryl methyl sites for hydroxylation is 1. The van der Waals surface area contributed by atoms with Gasteiger partial charge in [-0.25, -0.2) is 4.98 Å². The van der Waals surface area contributed by atoms with Crippen LogP contribution in [-0.4, -0.2) is 18.0 Å². The summed E-state index contributed by atoms with van der Waals surface area (Å²) in [7, 11) is 1.75. The summed E-state index contributed by atoms with van der Waals surface area (Å²) in [5, 5.41) is 10.6. The van der Waals surface area contributed by atoms with E-state index in [9.17, 15) is 0 Å². The van der Waals surface area contributed by atoms with Crippen molar-refractivity contribution in [2.75, 3.05) is 7.05 Å². The second-order valence-electron chi connectivity index (χ2n) is 5.40. The number of nitrogens with one attached hydrogen (secondary N) is 2. The summed E-state index contributed by atoms with van der Waals surface area (Å²) in [6, 6.07) is 10.3. The van der Waals surface area contributed by atoms with Gasteiger partial charge in [0.05, 0.1) is 12.7 Å². The van der Waals surface area contributed by atoms with Crippen LogP contribution in [0.5, 0.6) is 0 Å². The van der Waals surface area contributed by atoms with Crippen LogP contribution in [0.1, 0.15) is 17.0 Å². The van der Waals surface area contributed by atoms with Gasteiger partial charge in [-0.3, -0.25) is 4.99 Å². The molecule has 2 aromatic heterocycles. The number of hydrogen-bond acceptors (Lipinski definition) is 4. The van der Waals surface area contributed by atoms with E-state index in [0.29, 0.717) is 12.4 Å². The molecule has 0 saturated heterocycles. The summed E-state index contributed by atoms with van der Waals surface area (Å²) >= 11 is 1.69. The molecule has 5 nitrogen and oxygen atoms in total. The Bertz CT molecular complexity index is 791. The minimum atomic E-state index is 0.481. The average molecular weight is 340 g/mol. The molecule has 0 amide bonds. The monoisotopic (exact) mass is 340 g/mol. The molecule has 0 saturated carbocycles. The van der Waals surface area contributed by atoms with Crippen molar-refractivity contribution < 1.29 is 4.42 Å². The molecule has 0 bridgehead atoms. The van der Waals surface area contributed by atoms with Crippen molar-refractivity contribution in [3.05, 3.63) is 64.3 Å². The third kappa shape index (κ3) is 4.23. The molecule has 0 atom stereocenters. The molecule has 3 rings (SSSR count). The van der Waals surface area contributed by atoms with Crippen molar-refractivity contribution in [3.63, 3.8) is 0 Å². The summed E-state index contributed by atoms with van der Waals surface area (Å²) in [5.41, 5.74) is 3.49. The van der Waals surface area contributed by atoms with Crippen LogP contribution in [0.3, 0.4) is 0 Å². The van der Waals surface area contributed by atoms with Gasteiger partial charge in [0.25, 0.3) is 0 Å². The number of rotatable bonds is 5. The highest BCUT2D eigenvalue weighted by Gasteiger charge is 2.07. The Kier molecular flexibility index (Phi) is 5.28.